The molecule has 4 aromatic rings. The molecule has 4 nitrogen and oxygen atoms in total. The quantitative estimate of drug-likeness (QED) is 0.360. The number of benzene rings is 4. The first kappa shape index (κ1) is 19.0. The van der Waals surface area contributed by atoms with Crippen LogP contribution in [-0.4, -0.2) is 20.9 Å². The summed E-state index contributed by atoms with van der Waals surface area (Å²) < 4.78 is 22.4. The van der Waals surface area contributed by atoms with Gasteiger partial charge in [-0.3, -0.25) is 0 Å². The van der Waals surface area contributed by atoms with Gasteiger partial charge in [0.05, 0.1) is 13.2 Å². The van der Waals surface area contributed by atoms with Crippen LogP contribution in [0.5, 0.6) is 23.0 Å². The summed E-state index contributed by atoms with van der Waals surface area (Å²) in [5.74, 6) is 3.16. The molecule has 4 aromatic carbocycles. The van der Waals surface area contributed by atoms with E-state index in [4.69, 9.17) is 18.8 Å². The average Bonchev–Trinajstić information content (AvgIpc) is 2.74. The molecule has 0 saturated carbocycles. The lowest BCUT2D eigenvalue weighted by Crippen LogP contribution is -2.10. The van der Waals surface area contributed by atoms with Gasteiger partial charge in [-0.1, -0.05) is 24.3 Å². The van der Waals surface area contributed by atoms with Gasteiger partial charge in [0.2, 0.25) is 0 Å². The van der Waals surface area contributed by atoms with Gasteiger partial charge in [0.15, 0.2) is 0 Å². The molecule has 0 atom stereocenters. The van der Waals surface area contributed by atoms with Crippen molar-refractivity contribution in [1.82, 2.24) is 0 Å². The van der Waals surface area contributed by atoms with Crippen molar-refractivity contribution in [3.05, 3.63) is 72.8 Å². The molecule has 0 aromatic heterocycles. The summed E-state index contributed by atoms with van der Waals surface area (Å²) in [6, 6.07) is 23.8. The molecule has 145 valence electrons. The Morgan fingerprint density at radius 1 is 0.517 bits per heavy atom. The van der Waals surface area contributed by atoms with E-state index >= 15 is 0 Å². The van der Waals surface area contributed by atoms with Crippen LogP contribution in [0.1, 0.15) is 13.8 Å². The lowest BCUT2D eigenvalue weighted by atomic mass is 10.1. The summed E-state index contributed by atoms with van der Waals surface area (Å²) >= 11 is 0. The number of rotatable bonds is 8. The number of ether oxygens (including phenoxy) is 2. The maximum absolute atomic E-state index is 5.66. The highest BCUT2D eigenvalue weighted by molar-refractivity contribution is 6.21. The fourth-order valence-electron chi connectivity index (χ4n) is 3.20. The topological polar surface area (TPSA) is 36.9 Å². The van der Waals surface area contributed by atoms with Gasteiger partial charge < -0.3 is 18.8 Å². The zero-order valence-corrected chi connectivity index (χ0v) is 16.6. The van der Waals surface area contributed by atoms with E-state index in [1.165, 1.54) is 7.69 Å². The maximum atomic E-state index is 5.66. The van der Waals surface area contributed by atoms with Crippen LogP contribution >= 0.6 is 0 Å². The third-order valence-electron chi connectivity index (χ3n) is 4.56. The summed E-state index contributed by atoms with van der Waals surface area (Å²) in [5, 5.41) is 4.36. The SMILES string of the molecule is CCOc1ccc2cc(O[B]Oc3ccc4cc(OCC)ccc4c3)ccc2c1. The molecule has 0 fully saturated rings. The third-order valence-corrected chi connectivity index (χ3v) is 4.56. The molecular formula is C24H22BO4. The van der Waals surface area contributed by atoms with Crippen molar-refractivity contribution in [2.45, 2.75) is 13.8 Å². The molecule has 0 bridgehead atoms. The second-order valence-electron chi connectivity index (χ2n) is 6.54. The predicted octanol–water partition coefficient (Wildman–Crippen LogP) is 5.78. The van der Waals surface area contributed by atoms with E-state index in [-0.39, 0.29) is 0 Å². The van der Waals surface area contributed by atoms with Gasteiger partial charge in [0.25, 0.3) is 0 Å². The van der Waals surface area contributed by atoms with Crippen LogP contribution in [0.4, 0.5) is 0 Å². The Balaban J connectivity index is 1.40. The van der Waals surface area contributed by atoms with Crippen molar-refractivity contribution in [3.63, 3.8) is 0 Å². The first-order valence-electron chi connectivity index (χ1n) is 9.73. The Labute approximate surface area is 171 Å². The van der Waals surface area contributed by atoms with Gasteiger partial charge in [-0.25, -0.2) is 0 Å². The van der Waals surface area contributed by atoms with E-state index in [1.807, 2.05) is 86.6 Å². The molecule has 0 spiro atoms. The van der Waals surface area contributed by atoms with Gasteiger partial charge >= 0.3 is 7.69 Å². The molecule has 1 radical (unpaired) electrons. The van der Waals surface area contributed by atoms with Crippen molar-refractivity contribution in [2.24, 2.45) is 0 Å². The predicted molar refractivity (Wildman–Crippen MR) is 117 cm³/mol. The van der Waals surface area contributed by atoms with E-state index in [9.17, 15) is 0 Å². The van der Waals surface area contributed by atoms with Crippen molar-refractivity contribution in [1.29, 1.82) is 0 Å². The highest BCUT2D eigenvalue weighted by Gasteiger charge is 2.05. The van der Waals surface area contributed by atoms with E-state index in [1.54, 1.807) is 0 Å². The zero-order valence-electron chi connectivity index (χ0n) is 16.6. The van der Waals surface area contributed by atoms with Gasteiger partial charge in [-0.15, -0.1) is 0 Å². The average molecular weight is 385 g/mol. The minimum absolute atomic E-state index is 0.654. The summed E-state index contributed by atoms with van der Waals surface area (Å²) in [5.41, 5.74) is 0. The molecule has 0 aliphatic heterocycles. The van der Waals surface area contributed by atoms with Crippen LogP contribution in [0.25, 0.3) is 21.5 Å². The summed E-state index contributed by atoms with van der Waals surface area (Å²) in [6.07, 6.45) is 0. The van der Waals surface area contributed by atoms with E-state index < -0.39 is 0 Å². The molecule has 29 heavy (non-hydrogen) atoms. The molecule has 0 heterocycles. The van der Waals surface area contributed by atoms with Crippen LogP contribution in [0.3, 0.4) is 0 Å². The zero-order chi connectivity index (χ0) is 20.1. The van der Waals surface area contributed by atoms with Gasteiger partial charge in [0.1, 0.15) is 23.0 Å². The highest BCUT2D eigenvalue weighted by atomic mass is 16.6. The molecule has 0 aliphatic rings. The monoisotopic (exact) mass is 385 g/mol. The molecule has 0 saturated heterocycles. The fourth-order valence-corrected chi connectivity index (χ4v) is 3.20. The Morgan fingerprint density at radius 2 is 0.862 bits per heavy atom. The van der Waals surface area contributed by atoms with Crippen LogP contribution in [-0.2, 0) is 0 Å². The lowest BCUT2D eigenvalue weighted by molar-refractivity contribution is 0.340. The smallest absolute Gasteiger partial charge is 0.526 e. The normalized spacial score (nSPS) is 10.7. The van der Waals surface area contributed by atoms with Crippen molar-refractivity contribution >= 4 is 29.2 Å². The van der Waals surface area contributed by atoms with Crippen LogP contribution < -0.4 is 18.8 Å². The molecular weight excluding hydrogens is 363 g/mol. The summed E-state index contributed by atoms with van der Waals surface area (Å²) in [4.78, 5) is 0. The van der Waals surface area contributed by atoms with Crippen molar-refractivity contribution < 1.29 is 18.8 Å². The van der Waals surface area contributed by atoms with E-state index in [0.29, 0.717) is 24.7 Å². The second kappa shape index (κ2) is 8.78. The Hall–Kier alpha value is -3.34. The number of hydrogen-bond acceptors (Lipinski definition) is 4. The molecule has 5 heteroatoms. The number of fused-ring (bicyclic) bond motifs is 2. The maximum Gasteiger partial charge on any atom is 0.658 e. The van der Waals surface area contributed by atoms with Crippen molar-refractivity contribution in [3.8, 4) is 23.0 Å². The molecule has 0 amide bonds. The molecule has 0 N–H and O–H groups in total. The Morgan fingerprint density at radius 3 is 1.24 bits per heavy atom. The van der Waals surface area contributed by atoms with E-state index in [0.717, 1.165) is 33.0 Å². The van der Waals surface area contributed by atoms with Crippen LogP contribution in [0, 0.1) is 0 Å². The van der Waals surface area contributed by atoms with Crippen LogP contribution in [0.2, 0.25) is 0 Å². The van der Waals surface area contributed by atoms with Crippen molar-refractivity contribution in [2.75, 3.05) is 13.2 Å². The summed E-state index contributed by atoms with van der Waals surface area (Å²) in [6.45, 7) is 5.26. The minimum Gasteiger partial charge on any atom is -0.526 e. The van der Waals surface area contributed by atoms with Gasteiger partial charge in [-0.2, -0.15) is 0 Å². The Bertz CT molecular complexity index is 1040. The number of hydrogen-bond donors (Lipinski definition) is 0. The van der Waals surface area contributed by atoms with Gasteiger partial charge in [0, 0.05) is 0 Å². The third kappa shape index (κ3) is 4.57. The molecule has 0 aliphatic carbocycles. The molecule has 4 rings (SSSR count). The largest absolute Gasteiger partial charge is 0.658 e. The fraction of sp³-hybridized carbons (Fsp3) is 0.167. The Kier molecular flexibility index (Phi) is 5.75. The minimum atomic E-state index is 0.654. The first-order chi connectivity index (χ1) is 14.2. The lowest BCUT2D eigenvalue weighted by Gasteiger charge is -2.10. The van der Waals surface area contributed by atoms with Gasteiger partial charge in [-0.05, 0) is 83.9 Å². The van der Waals surface area contributed by atoms with E-state index in [2.05, 4.69) is 0 Å². The summed E-state index contributed by atoms with van der Waals surface area (Å²) in [7, 11) is 1.35. The molecule has 0 unspecified atom stereocenters. The highest BCUT2D eigenvalue weighted by Crippen LogP contribution is 2.26. The van der Waals surface area contributed by atoms with Crippen LogP contribution in [0.15, 0.2) is 72.8 Å². The standard InChI is InChI=1S/C24H22BO4/c1-3-26-21-9-5-19-15-23(11-7-17(19)13-21)28-25-29-24-12-8-18-14-22(27-4-2)10-6-20(18)16-24/h5-16H,3-4H2,1-2H3. The first-order valence-corrected chi connectivity index (χ1v) is 9.73. The second-order valence-corrected chi connectivity index (χ2v) is 6.54.